The Morgan fingerprint density at radius 1 is 1.14 bits per heavy atom. The van der Waals surface area contributed by atoms with Crippen molar-refractivity contribution in [2.75, 3.05) is 0 Å². The van der Waals surface area contributed by atoms with Gasteiger partial charge in [0.25, 0.3) is 0 Å². The van der Waals surface area contributed by atoms with Gasteiger partial charge < -0.3 is 9.94 Å². The molecule has 2 rings (SSSR count). The Balaban J connectivity index is 2.25. The summed E-state index contributed by atoms with van der Waals surface area (Å²) in [4.78, 5) is 0. The van der Waals surface area contributed by atoms with Crippen LogP contribution in [0.3, 0.4) is 0 Å². The molecule has 2 aromatic carbocycles. The maximum Gasteiger partial charge on any atom is 0.131 e. The number of nitrogens with zero attached hydrogens (tertiary/aromatic N) is 1. The molecule has 0 fully saturated rings. The van der Waals surface area contributed by atoms with Gasteiger partial charge >= 0.3 is 0 Å². The first-order valence-electron chi connectivity index (χ1n) is 6.68. The Morgan fingerprint density at radius 2 is 1.81 bits per heavy atom. The van der Waals surface area contributed by atoms with Crippen LogP contribution in [0.25, 0.3) is 0 Å². The van der Waals surface area contributed by atoms with Crippen molar-refractivity contribution in [2.45, 2.75) is 27.4 Å². The van der Waals surface area contributed by atoms with Gasteiger partial charge in [0.1, 0.15) is 18.2 Å². The summed E-state index contributed by atoms with van der Waals surface area (Å²) >= 11 is 0. The molecule has 0 radical (unpaired) electrons. The van der Waals surface area contributed by atoms with E-state index in [1.807, 2.05) is 26.0 Å². The Labute approximate surface area is 123 Å². The lowest BCUT2D eigenvalue weighted by molar-refractivity contribution is 0.301. The number of hydrogen-bond donors (Lipinski definition) is 1. The number of aryl methyl sites for hydroxylation is 2. The van der Waals surface area contributed by atoms with Crippen molar-refractivity contribution in [3.8, 4) is 5.75 Å². The van der Waals surface area contributed by atoms with Crippen molar-refractivity contribution in [1.82, 2.24) is 0 Å². The second-order valence-corrected chi connectivity index (χ2v) is 5.11. The summed E-state index contributed by atoms with van der Waals surface area (Å²) in [5.74, 6) is -0.0237. The minimum atomic E-state index is -0.389. The van der Waals surface area contributed by atoms with Crippen molar-refractivity contribution in [3.05, 3.63) is 64.5 Å². The number of ether oxygens (including phenoxy) is 1. The van der Waals surface area contributed by atoms with Crippen LogP contribution < -0.4 is 4.74 Å². The molecule has 0 aliphatic heterocycles. The molecule has 0 saturated carbocycles. The molecule has 0 heterocycles. The van der Waals surface area contributed by atoms with E-state index in [1.54, 1.807) is 13.0 Å². The van der Waals surface area contributed by atoms with Crippen molar-refractivity contribution in [1.29, 1.82) is 0 Å². The van der Waals surface area contributed by atoms with Gasteiger partial charge in [-0.25, -0.2) is 4.39 Å². The van der Waals surface area contributed by atoms with Crippen LogP contribution in [0.2, 0.25) is 0 Å². The van der Waals surface area contributed by atoms with Gasteiger partial charge in [0.2, 0.25) is 0 Å². The normalized spacial score (nSPS) is 11.5. The third-order valence-electron chi connectivity index (χ3n) is 3.16. The van der Waals surface area contributed by atoms with E-state index in [0.29, 0.717) is 23.6 Å². The van der Waals surface area contributed by atoms with Gasteiger partial charge in [-0.15, -0.1) is 0 Å². The summed E-state index contributed by atoms with van der Waals surface area (Å²) in [6.07, 6.45) is 0. The minimum Gasteiger partial charge on any atom is -0.488 e. The Morgan fingerprint density at radius 3 is 2.43 bits per heavy atom. The summed E-state index contributed by atoms with van der Waals surface area (Å²) in [5, 5.41) is 12.0. The van der Waals surface area contributed by atoms with Gasteiger partial charge in [-0.05, 0) is 38.5 Å². The smallest absolute Gasteiger partial charge is 0.131 e. The minimum absolute atomic E-state index is 0.331. The largest absolute Gasteiger partial charge is 0.488 e. The molecule has 110 valence electrons. The highest BCUT2D eigenvalue weighted by Gasteiger charge is 2.09. The molecule has 3 nitrogen and oxygen atoms in total. The fourth-order valence-electron chi connectivity index (χ4n) is 2.28. The maximum atomic E-state index is 13.4. The van der Waals surface area contributed by atoms with Gasteiger partial charge in [-0.2, -0.15) is 0 Å². The van der Waals surface area contributed by atoms with Gasteiger partial charge in [0.05, 0.1) is 5.71 Å². The lowest BCUT2D eigenvalue weighted by Crippen LogP contribution is -2.03. The van der Waals surface area contributed by atoms with Crippen molar-refractivity contribution in [2.24, 2.45) is 5.16 Å². The van der Waals surface area contributed by atoms with Crippen LogP contribution in [0, 0.1) is 19.7 Å². The summed E-state index contributed by atoms with van der Waals surface area (Å²) in [7, 11) is 0. The fraction of sp³-hybridized carbons (Fsp3) is 0.235. The average molecular weight is 287 g/mol. The summed E-state index contributed by atoms with van der Waals surface area (Å²) in [5.41, 5.74) is 4.28. The van der Waals surface area contributed by atoms with Gasteiger partial charge in [0.15, 0.2) is 0 Å². The van der Waals surface area contributed by atoms with Crippen molar-refractivity contribution in [3.63, 3.8) is 0 Å². The van der Waals surface area contributed by atoms with E-state index in [1.165, 1.54) is 12.1 Å². The predicted octanol–water partition coefficient (Wildman–Crippen LogP) is 4.22. The number of rotatable bonds is 4. The first-order valence-corrected chi connectivity index (χ1v) is 6.68. The topological polar surface area (TPSA) is 41.8 Å². The molecule has 0 bridgehead atoms. The van der Waals surface area contributed by atoms with E-state index in [4.69, 9.17) is 9.94 Å². The molecule has 0 saturated heterocycles. The maximum absolute atomic E-state index is 13.4. The zero-order chi connectivity index (χ0) is 15.4. The number of halogens is 1. The quantitative estimate of drug-likeness (QED) is 0.519. The summed E-state index contributed by atoms with van der Waals surface area (Å²) in [6.45, 7) is 6.01. The molecule has 0 aliphatic carbocycles. The third-order valence-corrected chi connectivity index (χ3v) is 3.16. The SMILES string of the molecule is CC(=NO)c1ccc(F)cc1OCc1cc(C)cc(C)c1. The highest BCUT2D eigenvalue weighted by molar-refractivity contribution is 6.00. The molecular weight excluding hydrogens is 269 g/mol. The van der Waals surface area contributed by atoms with E-state index in [2.05, 4.69) is 11.2 Å². The number of benzene rings is 2. The van der Waals surface area contributed by atoms with Crippen LogP contribution in [0.5, 0.6) is 5.75 Å². The lowest BCUT2D eigenvalue weighted by Gasteiger charge is -2.12. The Kier molecular flexibility index (Phi) is 4.58. The number of oxime groups is 1. The fourth-order valence-corrected chi connectivity index (χ4v) is 2.28. The highest BCUT2D eigenvalue weighted by atomic mass is 19.1. The van der Waals surface area contributed by atoms with Crippen molar-refractivity contribution < 1.29 is 14.3 Å². The van der Waals surface area contributed by atoms with E-state index < -0.39 is 0 Å². The van der Waals surface area contributed by atoms with E-state index in [9.17, 15) is 4.39 Å². The molecule has 0 atom stereocenters. The molecule has 21 heavy (non-hydrogen) atoms. The van der Waals surface area contributed by atoms with Crippen LogP contribution in [-0.2, 0) is 6.61 Å². The molecule has 2 aromatic rings. The van der Waals surface area contributed by atoms with E-state index in [0.717, 1.165) is 16.7 Å². The zero-order valence-electron chi connectivity index (χ0n) is 12.4. The third kappa shape index (κ3) is 3.81. The first-order chi connectivity index (χ1) is 9.99. The average Bonchev–Trinajstić information content (AvgIpc) is 2.43. The highest BCUT2D eigenvalue weighted by Crippen LogP contribution is 2.22. The van der Waals surface area contributed by atoms with Crippen LogP contribution in [0.1, 0.15) is 29.2 Å². The van der Waals surface area contributed by atoms with Gasteiger partial charge in [-0.3, -0.25) is 0 Å². The Bertz CT molecular complexity index is 660. The second kappa shape index (κ2) is 6.39. The second-order valence-electron chi connectivity index (χ2n) is 5.11. The molecule has 4 heteroatoms. The molecule has 0 aromatic heterocycles. The molecule has 1 N–H and O–H groups in total. The summed E-state index contributed by atoms with van der Waals surface area (Å²) < 4.78 is 19.1. The number of hydrogen-bond acceptors (Lipinski definition) is 3. The molecule has 0 unspecified atom stereocenters. The monoisotopic (exact) mass is 287 g/mol. The zero-order valence-corrected chi connectivity index (χ0v) is 12.4. The van der Waals surface area contributed by atoms with Crippen LogP contribution >= 0.6 is 0 Å². The summed E-state index contributed by atoms with van der Waals surface area (Å²) in [6, 6.07) is 10.3. The van der Waals surface area contributed by atoms with Crippen LogP contribution in [0.15, 0.2) is 41.6 Å². The van der Waals surface area contributed by atoms with E-state index in [-0.39, 0.29) is 5.82 Å². The molecular formula is C17H18FNO2. The first kappa shape index (κ1) is 15.0. The molecule has 0 aliphatic rings. The van der Waals surface area contributed by atoms with Crippen LogP contribution in [0.4, 0.5) is 4.39 Å². The standard InChI is InChI=1S/C17H18FNO2/c1-11-6-12(2)8-14(7-11)10-21-17-9-15(18)4-5-16(17)13(3)19-20/h4-9,20H,10H2,1-3H3. The van der Waals surface area contributed by atoms with Gasteiger partial charge in [0, 0.05) is 11.6 Å². The molecule has 0 amide bonds. The van der Waals surface area contributed by atoms with Crippen LogP contribution in [-0.4, -0.2) is 10.9 Å². The van der Waals surface area contributed by atoms with E-state index >= 15 is 0 Å². The molecule has 0 spiro atoms. The Hall–Kier alpha value is -2.36. The van der Waals surface area contributed by atoms with Gasteiger partial charge in [-0.1, -0.05) is 34.5 Å². The van der Waals surface area contributed by atoms with Crippen molar-refractivity contribution >= 4 is 5.71 Å². The lowest BCUT2D eigenvalue weighted by atomic mass is 10.1. The predicted molar refractivity (Wildman–Crippen MR) is 80.6 cm³/mol.